The highest BCUT2D eigenvalue weighted by Crippen LogP contribution is 2.35. The first-order chi connectivity index (χ1) is 14.2. The van der Waals surface area contributed by atoms with Crippen LogP contribution in [0.15, 0.2) is 12.3 Å². The molecule has 0 aromatic carbocycles. The Hall–Kier alpha value is -1.51. The zero-order valence-corrected chi connectivity index (χ0v) is 19.9. The zero-order valence-electron chi connectivity index (χ0n) is 18.9. The third kappa shape index (κ3) is 5.59. The maximum atomic E-state index is 13.7. The van der Waals surface area contributed by atoms with Crippen LogP contribution in [0.2, 0.25) is 25.7 Å². The SMILES string of the molecule is COc1ncc(C(F)F)c2cc(CN3CCC[C@H](C)C3)n(COCC[Si](C)(C)C)c12. The summed E-state index contributed by atoms with van der Waals surface area (Å²) in [6, 6.07) is 2.94. The van der Waals surface area contributed by atoms with Gasteiger partial charge in [-0.2, -0.15) is 0 Å². The minimum Gasteiger partial charge on any atom is -0.479 e. The van der Waals surface area contributed by atoms with E-state index in [4.69, 9.17) is 9.47 Å². The van der Waals surface area contributed by atoms with Gasteiger partial charge < -0.3 is 14.0 Å². The molecule has 8 heteroatoms. The van der Waals surface area contributed by atoms with E-state index in [1.54, 1.807) is 0 Å². The molecule has 1 fully saturated rings. The topological polar surface area (TPSA) is 39.5 Å². The highest BCUT2D eigenvalue weighted by atomic mass is 28.3. The summed E-state index contributed by atoms with van der Waals surface area (Å²) in [7, 11) is 0.317. The highest BCUT2D eigenvalue weighted by molar-refractivity contribution is 6.76. The molecule has 3 heterocycles. The van der Waals surface area contributed by atoms with Gasteiger partial charge in [0, 0.05) is 50.6 Å². The monoisotopic (exact) mass is 439 g/mol. The van der Waals surface area contributed by atoms with E-state index in [-0.39, 0.29) is 5.56 Å². The van der Waals surface area contributed by atoms with E-state index in [9.17, 15) is 8.78 Å². The Kier molecular flexibility index (Phi) is 7.52. The number of halogens is 2. The lowest BCUT2D eigenvalue weighted by molar-refractivity contribution is 0.0846. The van der Waals surface area contributed by atoms with Gasteiger partial charge in [-0.25, -0.2) is 13.8 Å². The Morgan fingerprint density at radius 1 is 1.30 bits per heavy atom. The number of hydrogen-bond acceptors (Lipinski definition) is 4. The van der Waals surface area contributed by atoms with Crippen molar-refractivity contribution in [2.45, 2.75) is 65.2 Å². The average Bonchev–Trinajstić information content (AvgIpc) is 3.01. The Labute approximate surface area is 179 Å². The average molecular weight is 440 g/mol. The first-order valence-corrected chi connectivity index (χ1v) is 14.5. The highest BCUT2D eigenvalue weighted by Gasteiger charge is 2.24. The number of rotatable bonds is 9. The third-order valence-electron chi connectivity index (χ3n) is 5.79. The Balaban J connectivity index is 1.96. The number of piperidine rings is 1. The molecule has 3 rings (SSSR count). The van der Waals surface area contributed by atoms with Crippen LogP contribution in [0.3, 0.4) is 0 Å². The number of methoxy groups -OCH3 is 1. The minimum absolute atomic E-state index is 0.0556. The van der Waals surface area contributed by atoms with Gasteiger partial charge in [0.2, 0.25) is 5.88 Å². The van der Waals surface area contributed by atoms with Crippen LogP contribution in [-0.2, 0) is 18.0 Å². The summed E-state index contributed by atoms with van der Waals surface area (Å²) in [6.45, 7) is 12.9. The quantitative estimate of drug-likeness (QED) is 0.381. The predicted molar refractivity (Wildman–Crippen MR) is 119 cm³/mol. The molecule has 0 N–H and O–H groups in total. The van der Waals surface area contributed by atoms with E-state index < -0.39 is 14.5 Å². The van der Waals surface area contributed by atoms with Gasteiger partial charge in [0.25, 0.3) is 6.43 Å². The molecule has 0 spiro atoms. The fraction of sp³-hybridized carbons (Fsp3) is 0.682. The fourth-order valence-electron chi connectivity index (χ4n) is 4.11. The largest absolute Gasteiger partial charge is 0.479 e. The Morgan fingerprint density at radius 2 is 2.07 bits per heavy atom. The van der Waals surface area contributed by atoms with Crippen molar-refractivity contribution in [2.24, 2.45) is 5.92 Å². The van der Waals surface area contributed by atoms with Gasteiger partial charge in [0.15, 0.2) is 0 Å². The van der Waals surface area contributed by atoms with Crippen molar-refractivity contribution in [1.29, 1.82) is 0 Å². The molecule has 30 heavy (non-hydrogen) atoms. The molecule has 0 aliphatic carbocycles. The van der Waals surface area contributed by atoms with Gasteiger partial charge in [-0.05, 0) is 37.4 Å². The summed E-state index contributed by atoms with van der Waals surface area (Å²) < 4.78 is 40.8. The molecule has 0 amide bonds. The molecular weight excluding hydrogens is 404 g/mol. The number of alkyl halides is 2. The van der Waals surface area contributed by atoms with Gasteiger partial charge in [-0.15, -0.1) is 0 Å². The molecule has 168 valence electrons. The van der Waals surface area contributed by atoms with Crippen molar-refractivity contribution in [2.75, 3.05) is 26.8 Å². The van der Waals surface area contributed by atoms with Crippen LogP contribution in [0.1, 0.15) is 37.4 Å². The summed E-state index contributed by atoms with van der Waals surface area (Å²) in [6.07, 6.45) is 1.06. The number of hydrogen-bond donors (Lipinski definition) is 0. The van der Waals surface area contributed by atoms with Crippen molar-refractivity contribution in [3.63, 3.8) is 0 Å². The van der Waals surface area contributed by atoms with Crippen molar-refractivity contribution in [3.05, 3.63) is 23.5 Å². The first-order valence-electron chi connectivity index (χ1n) is 10.8. The molecule has 0 bridgehead atoms. The van der Waals surface area contributed by atoms with Crippen LogP contribution in [0, 0.1) is 5.92 Å². The van der Waals surface area contributed by atoms with Crippen molar-refractivity contribution >= 4 is 19.0 Å². The second kappa shape index (κ2) is 9.74. The van der Waals surface area contributed by atoms with E-state index in [2.05, 4.69) is 36.4 Å². The lowest BCUT2D eigenvalue weighted by atomic mass is 10.0. The van der Waals surface area contributed by atoms with Gasteiger partial charge in [-0.1, -0.05) is 26.6 Å². The first kappa shape index (κ1) is 23.2. The van der Waals surface area contributed by atoms with E-state index in [1.807, 2.05) is 10.6 Å². The Morgan fingerprint density at radius 3 is 2.70 bits per heavy atom. The smallest absolute Gasteiger partial charge is 0.265 e. The van der Waals surface area contributed by atoms with Crippen LogP contribution in [-0.4, -0.2) is 49.3 Å². The van der Waals surface area contributed by atoms with Crippen LogP contribution in [0.25, 0.3) is 10.9 Å². The molecule has 2 aromatic heterocycles. The zero-order chi connectivity index (χ0) is 21.9. The van der Waals surface area contributed by atoms with E-state index >= 15 is 0 Å². The van der Waals surface area contributed by atoms with Crippen LogP contribution >= 0.6 is 0 Å². The third-order valence-corrected chi connectivity index (χ3v) is 7.49. The Bertz CT molecular complexity index is 851. The number of likely N-dealkylation sites (tertiary alicyclic amines) is 1. The van der Waals surface area contributed by atoms with Crippen LogP contribution in [0.5, 0.6) is 5.88 Å². The van der Waals surface area contributed by atoms with Gasteiger partial charge in [0.05, 0.1) is 7.11 Å². The van der Waals surface area contributed by atoms with E-state index in [0.717, 1.165) is 24.8 Å². The molecule has 1 atom stereocenters. The predicted octanol–water partition coefficient (Wildman–Crippen LogP) is 5.53. The second-order valence-electron chi connectivity index (χ2n) is 9.68. The lowest BCUT2D eigenvalue weighted by Crippen LogP contribution is -2.34. The number of nitrogens with zero attached hydrogens (tertiary/aromatic N) is 3. The summed E-state index contributed by atoms with van der Waals surface area (Å²) >= 11 is 0. The summed E-state index contributed by atoms with van der Waals surface area (Å²) in [5, 5.41) is 0.505. The summed E-state index contributed by atoms with van der Waals surface area (Å²) in [5.41, 5.74) is 1.52. The lowest BCUT2D eigenvalue weighted by Gasteiger charge is -2.31. The van der Waals surface area contributed by atoms with Gasteiger partial charge >= 0.3 is 0 Å². The molecular formula is C22H35F2N3O2Si. The standard InChI is InChI=1S/C22H35F2N3O2Si/c1-16-7-6-8-26(13-16)14-17-11-18-19(21(23)24)12-25-22(28-2)20(18)27(17)15-29-9-10-30(3,4)5/h11-12,16,21H,6-10,13-15H2,1-5H3/t16-/m0/s1. The molecule has 0 unspecified atom stereocenters. The molecule has 2 aromatic rings. The fourth-order valence-corrected chi connectivity index (χ4v) is 4.86. The maximum absolute atomic E-state index is 13.7. The van der Waals surface area contributed by atoms with Crippen LogP contribution in [0.4, 0.5) is 8.78 Å². The molecule has 0 saturated carbocycles. The van der Waals surface area contributed by atoms with Crippen molar-refractivity contribution in [1.82, 2.24) is 14.5 Å². The number of aromatic nitrogens is 2. The van der Waals surface area contributed by atoms with Gasteiger partial charge in [0.1, 0.15) is 12.2 Å². The van der Waals surface area contributed by atoms with Crippen molar-refractivity contribution < 1.29 is 18.3 Å². The van der Waals surface area contributed by atoms with E-state index in [0.29, 0.717) is 42.6 Å². The summed E-state index contributed by atoms with van der Waals surface area (Å²) in [4.78, 5) is 6.57. The van der Waals surface area contributed by atoms with Crippen LogP contribution < -0.4 is 4.74 Å². The summed E-state index contributed by atoms with van der Waals surface area (Å²) in [5.74, 6) is 1.01. The number of fused-ring (bicyclic) bond motifs is 1. The number of ether oxygens (including phenoxy) is 2. The number of pyridine rings is 1. The second-order valence-corrected chi connectivity index (χ2v) is 15.3. The molecule has 1 aliphatic heterocycles. The molecule has 1 saturated heterocycles. The van der Waals surface area contributed by atoms with Crippen molar-refractivity contribution in [3.8, 4) is 5.88 Å². The van der Waals surface area contributed by atoms with Gasteiger partial charge in [-0.3, -0.25) is 4.90 Å². The minimum atomic E-state index is -2.59. The molecule has 0 radical (unpaired) electrons. The molecule has 5 nitrogen and oxygen atoms in total. The molecule has 1 aliphatic rings. The van der Waals surface area contributed by atoms with E-state index in [1.165, 1.54) is 26.1 Å². The maximum Gasteiger partial charge on any atom is 0.265 e. The normalized spacial score (nSPS) is 18.5.